The third kappa shape index (κ3) is 4.01. The molecule has 4 heteroatoms. The number of carboxylic acid groups (broad SMARTS) is 1. The lowest BCUT2D eigenvalue weighted by molar-refractivity contribution is -0.137. The van der Waals surface area contributed by atoms with E-state index in [9.17, 15) is 4.79 Å². The standard InChI is InChI=1S/C12H14N2O2/c1-9(5-6-12(15)16)14-11-4-2-3-10(7-11)8-13/h2-4,7,9,14H,5-6H2,1H3,(H,15,16). The van der Waals surface area contributed by atoms with Gasteiger partial charge in [-0.05, 0) is 31.5 Å². The number of carbonyl (C=O) groups is 1. The average molecular weight is 218 g/mol. The number of anilines is 1. The first-order chi connectivity index (χ1) is 7.61. The van der Waals surface area contributed by atoms with Crippen molar-refractivity contribution in [3.8, 4) is 6.07 Å². The maximum atomic E-state index is 10.4. The fourth-order valence-electron chi connectivity index (χ4n) is 1.38. The summed E-state index contributed by atoms with van der Waals surface area (Å²) in [6.07, 6.45) is 0.707. The van der Waals surface area contributed by atoms with Crippen molar-refractivity contribution in [1.29, 1.82) is 5.26 Å². The Hall–Kier alpha value is -2.02. The van der Waals surface area contributed by atoms with Gasteiger partial charge in [0, 0.05) is 18.2 Å². The van der Waals surface area contributed by atoms with E-state index < -0.39 is 5.97 Å². The van der Waals surface area contributed by atoms with Gasteiger partial charge in [-0.25, -0.2) is 0 Å². The summed E-state index contributed by atoms with van der Waals surface area (Å²) in [5, 5.41) is 20.4. The number of hydrogen-bond donors (Lipinski definition) is 2. The Morgan fingerprint density at radius 1 is 1.62 bits per heavy atom. The van der Waals surface area contributed by atoms with Crippen molar-refractivity contribution in [2.45, 2.75) is 25.8 Å². The van der Waals surface area contributed by atoms with E-state index in [4.69, 9.17) is 10.4 Å². The predicted octanol–water partition coefficient (Wildman–Crippen LogP) is 2.22. The number of carboxylic acids is 1. The minimum Gasteiger partial charge on any atom is -0.481 e. The zero-order valence-corrected chi connectivity index (χ0v) is 9.10. The van der Waals surface area contributed by atoms with Crippen LogP contribution >= 0.6 is 0 Å². The van der Waals surface area contributed by atoms with Crippen molar-refractivity contribution in [3.05, 3.63) is 29.8 Å². The van der Waals surface area contributed by atoms with Crippen LogP contribution in [0.4, 0.5) is 5.69 Å². The molecule has 0 aliphatic carbocycles. The lowest BCUT2D eigenvalue weighted by Crippen LogP contribution is -2.16. The average Bonchev–Trinajstić information content (AvgIpc) is 2.26. The largest absolute Gasteiger partial charge is 0.481 e. The molecule has 1 aromatic carbocycles. The smallest absolute Gasteiger partial charge is 0.303 e. The Labute approximate surface area is 94.5 Å². The van der Waals surface area contributed by atoms with Crippen LogP contribution in [-0.2, 0) is 4.79 Å². The van der Waals surface area contributed by atoms with Crippen molar-refractivity contribution >= 4 is 11.7 Å². The first kappa shape index (κ1) is 12.1. The summed E-state index contributed by atoms with van der Waals surface area (Å²) in [6.45, 7) is 1.92. The fraction of sp³-hybridized carbons (Fsp3) is 0.333. The maximum absolute atomic E-state index is 10.4. The number of nitrogens with one attached hydrogen (secondary N) is 1. The summed E-state index contributed by atoms with van der Waals surface area (Å²) in [5.74, 6) is -0.792. The van der Waals surface area contributed by atoms with E-state index in [1.54, 1.807) is 18.2 Å². The summed E-state index contributed by atoms with van der Waals surface area (Å²) < 4.78 is 0. The molecule has 1 atom stereocenters. The molecule has 0 aromatic heterocycles. The van der Waals surface area contributed by atoms with Gasteiger partial charge in [0.25, 0.3) is 0 Å². The molecule has 4 nitrogen and oxygen atoms in total. The molecule has 0 saturated carbocycles. The summed E-state index contributed by atoms with van der Waals surface area (Å²) in [5.41, 5.74) is 1.44. The van der Waals surface area contributed by atoms with Gasteiger partial charge in [-0.2, -0.15) is 5.26 Å². The highest BCUT2D eigenvalue weighted by atomic mass is 16.4. The topological polar surface area (TPSA) is 73.1 Å². The van der Waals surface area contributed by atoms with Gasteiger partial charge < -0.3 is 10.4 Å². The van der Waals surface area contributed by atoms with Crippen LogP contribution < -0.4 is 5.32 Å². The van der Waals surface area contributed by atoms with E-state index in [0.29, 0.717) is 12.0 Å². The normalized spacial score (nSPS) is 11.5. The quantitative estimate of drug-likeness (QED) is 0.794. The van der Waals surface area contributed by atoms with Crippen LogP contribution in [-0.4, -0.2) is 17.1 Å². The van der Waals surface area contributed by atoms with Gasteiger partial charge in [0.15, 0.2) is 0 Å². The van der Waals surface area contributed by atoms with Gasteiger partial charge in [0.1, 0.15) is 0 Å². The maximum Gasteiger partial charge on any atom is 0.303 e. The molecule has 0 radical (unpaired) electrons. The molecule has 0 bridgehead atoms. The summed E-state index contributed by atoms with van der Waals surface area (Å²) in [7, 11) is 0. The highest BCUT2D eigenvalue weighted by Gasteiger charge is 2.05. The molecular formula is C12H14N2O2. The van der Waals surface area contributed by atoms with Gasteiger partial charge >= 0.3 is 5.97 Å². The van der Waals surface area contributed by atoms with Crippen LogP contribution in [0.25, 0.3) is 0 Å². The first-order valence-corrected chi connectivity index (χ1v) is 5.10. The monoisotopic (exact) mass is 218 g/mol. The van der Waals surface area contributed by atoms with Gasteiger partial charge in [-0.1, -0.05) is 6.07 Å². The van der Waals surface area contributed by atoms with Crippen molar-refractivity contribution in [3.63, 3.8) is 0 Å². The highest BCUT2D eigenvalue weighted by Crippen LogP contribution is 2.12. The molecule has 1 rings (SSSR count). The molecular weight excluding hydrogens is 204 g/mol. The van der Waals surface area contributed by atoms with E-state index in [2.05, 4.69) is 11.4 Å². The third-order valence-corrected chi connectivity index (χ3v) is 2.20. The van der Waals surface area contributed by atoms with Crippen LogP contribution in [0.3, 0.4) is 0 Å². The van der Waals surface area contributed by atoms with E-state index in [0.717, 1.165) is 5.69 Å². The van der Waals surface area contributed by atoms with Crippen LogP contribution in [0.2, 0.25) is 0 Å². The number of rotatable bonds is 5. The molecule has 0 amide bonds. The minimum absolute atomic E-state index is 0.0741. The van der Waals surface area contributed by atoms with Crippen LogP contribution in [0.5, 0.6) is 0 Å². The Kier molecular flexibility index (Phi) is 4.34. The second kappa shape index (κ2) is 5.76. The molecule has 2 N–H and O–H groups in total. The number of nitriles is 1. The summed E-state index contributed by atoms with van der Waals surface area (Å²) in [6, 6.07) is 9.26. The molecule has 0 aliphatic rings. The van der Waals surface area contributed by atoms with Crippen molar-refractivity contribution < 1.29 is 9.90 Å². The van der Waals surface area contributed by atoms with Crippen molar-refractivity contribution in [2.24, 2.45) is 0 Å². The van der Waals surface area contributed by atoms with Gasteiger partial charge in [0.2, 0.25) is 0 Å². The van der Waals surface area contributed by atoms with Gasteiger partial charge in [0.05, 0.1) is 11.6 Å². The molecule has 0 spiro atoms. The molecule has 1 unspecified atom stereocenters. The molecule has 16 heavy (non-hydrogen) atoms. The Morgan fingerprint density at radius 2 is 2.38 bits per heavy atom. The fourth-order valence-corrected chi connectivity index (χ4v) is 1.38. The summed E-state index contributed by atoms with van der Waals surface area (Å²) in [4.78, 5) is 10.4. The van der Waals surface area contributed by atoms with Gasteiger partial charge in [-0.15, -0.1) is 0 Å². The minimum atomic E-state index is -0.792. The highest BCUT2D eigenvalue weighted by molar-refractivity contribution is 5.66. The van der Waals surface area contributed by atoms with E-state index in [1.807, 2.05) is 13.0 Å². The molecule has 1 aromatic rings. The Balaban J connectivity index is 2.52. The van der Waals surface area contributed by atoms with Crippen molar-refractivity contribution in [2.75, 3.05) is 5.32 Å². The number of aliphatic carboxylic acids is 1. The third-order valence-electron chi connectivity index (χ3n) is 2.20. The summed E-state index contributed by atoms with van der Waals surface area (Å²) >= 11 is 0. The predicted molar refractivity (Wildman–Crippen MR) is 61.1 cm³/mol. The number of nitrogens with zero attached hydrogens (tertiary/aromatic N) is 1. The van der Waals surface area contributed by atoms with E-state index in [1.165, 1.54) is 0 Å². The Bertz CT molecular complexity index is 410. The van der Waals surface area contributed by atoms with E-state index in [-0.39, 0.29) is 12.5 Å². The molecule has 0 heterocycles. The number of benzene rings is 1. The SMILES string of the molecule is CC(CCC(=O)O)Nc1cccc(C#N)c1. The zero-order valence-electron chi connectivity index (χ0n) is 9.10. The zero-order chi connectivity index (χ0) is 12.0. The lowest BCUT2D eigenvalue weighted by Gasteiger charge is -2.14. The van der Waals surface area contributed by atoms with Gasteiger partial charge in [-0.3, -0.25) is 4.79 Å². The van der Waals surface area contributed by atoms with Crippen LogP contribution in [0.15, 0.2) is 24.3 Å². The second-order valence-corrected chi connectivity index (χ2v) is 3.67. The van der Waals surface area contributed by atoms with Crippen LogP contribution in [0, 0.1) is 11.3 Å². The number of hydrogen-bond acceptors (Lipinski definition) is 3. The second-order valence-electron chi connectivity index (χ2n) is 3.67. The van der Waals surface area contributed by atoms with E-state index >= 15 is 0 Å². The molecule has 0 saturated heterocycles. The Morgan fingerprint density at radius 3 is 3.00 bits per heavy atom. The van der Waals surface area contributed by atoms with Crippen LogP contribution in [0.1, 0.15) is 25.3 Å². The molecule has 84 valence electrons. The van der Waals surface area contributed by atoms with Crippen molar-refractivity contribution in [1.82, 2.24) is 0 Å². The molecule has 0 fully saturated rings. The lowest BCUT2D eigenvalue weighted by atomic mass is 10.1. The molecule has 0 aliphatic heterocycles. The first-order valence-electron chi connectivity index (χ1n) is 5.10.